The molecule has 0 spiro atoms. The highest BCUT2D eigenvalue weighted by atomic mass is 16.1. The van der Waals surface area contributed by atoms with E-state index in [1.165, 1.54) is 23.1 Å². The van der Waals surface area contributed by atoms with E-state index in [-0.39, 0.29) is 11.9 Å². The van der Waals surface area contributed by atoms with Crippen LogP contribution in [0.5, 0.6) is 0 Å². The van der Waals surface area contributed by atoms with Crippen molar-refractivity contribution in [3.05, 3.63) is 58.9 Å². The van der Waals surface area contributed by atoms with Crippen molar-refractivity contribution in [1.29, 1.82) is 0 Å². The molecule has 30 heavy (non-hydrogen) atoms. The van der Waals surface area contributed by atoms with Crippen LogP contribution in [0.2, 0.25) is 0 Å². The Morgan fingerprint density at radius 2 is 1.93 bits per heavy atom. The van der Waals surface area contributed by atoms with Crippen molar-refractivity contribution in [2.75, 3.05) is 18.0 Å². The van der Waals surface area contributed by atoms with E-state index in [4.69, 9.17) is 0 Å². The Balaban J connectivity index is 1.29. The van der Waals surface area contributed by atoms with Gasteiger partial charge in [-0.15, -0.1) is 0 Å². The molecule has 2 aromatic heterocycles. The molecule has 1 saturated heterocycles. The van der Waals surface area contributed by atoms with Gasteiger partial charge in [-0.2, -0.15) is 0 Å². The Morgan fingerprint density at radius 1 is 1.13 bits per heavy atom. The zero-order valence-corrected chi connectivity index (χ0v) is 17.9. The smallest absolute Gasteiger partial charge is 0.253 e. The number of nitrogens with one attached hydrogen (secondary N) is 2. The zero-order chi connectivity index (χ0) is 20.7. The van der Waals surface area contributed by atoms with Crippen molar-refractivity contribution in [2.24, 2.45) is 5.92 Å². The second kappa shape index (κ2) is 7.78. The quantitative estimate of drug-likeness (QED) is 0.683. The summed E-state index contributed by atoms with van der Waals surface area (Å²) in [5, 5.41) is 4.52. The third-order valence-electron chi connectivity index (χ3n) is 6.74. The number of aryl methyl sites for hydroxylation is 2. The summed E-state index contributed by atoms with van der Waals surface area (Å²) < 4.78 is 0. The van der Waals surface area contributed by atoms with E-state index in [2.05, 4.69) is 45.3 Å². The number of hydrogen-bond acceptors (Lipinski definition) is 3. The van der Waals surface area contributed by atoms with Crippen molar-refractivity contribution in [2.45, 2.75) is 52.0 Å². The molecule has 5 heteroatoms. The van der Waals surface area contributed by atoms with E-state index >= 15 is 0 Å². The largest absolute Gasteiger partial charge is 0.358 e. The number of nitrogens with zero attached hydrogens (tertiary/aromatic N) is 2. The first-order chi connectivity index (χ1) is 14.6. The number of hydrogen-bond donors (Lipinski definition) is 2. The maximum Gasteiger partial charge on any atom is 0.253 e. The number of H-pyrrole nitrogens is 1. The van der Waals surface area contributed by atoms with Crippen LogP contribution < -0.4 is 10.2 Å². The number of piperidine rings is 1. The average Bonchev–Trinajstić information content (AvgIpc) is 3.12. The fourth-order valence-corrected chi connectivity index (χ4v) is 5.03. The fourth-order valence-electron chi connectivity index (χ4n) is 5.03. The van der Waals surface area contributed by atoms with Gasteiger partial charge in [-0.05, 0) is 68.7 Å². The standard InChI is InChI=1S/C25H30N4O/c1-16-9-10-22-21(15-16)19-6-4-7-20(24(19)28-22)25(30)27-18-11-13-29(14-12-18)23-8-3-5-17(2)26-23/h3-8,16,18,28H,9-15H2,1-2H3,(H,27,30). The van der Waals surface area contributed by atoms with Gasteiger partial charge in [0.15, 0.2) is 0 Å². The highest BCUT2D eigenvalue weighted by Gasteiger charge is 2.25. The van der Waals surface area contributed by atoms with Gasteiger partial charge >= 0.3 is 0 Å². The van der Waals surface area contributed by atoms with Crippen molar-refractivity contribution in [3.63, 3.8) is 0 Å². The topological polar surface area (TPSA) is 61.0 Å². The summed E-state index contributed by atoms with van der Waals surface area (Å²) in [4.78, 5) is 23.7. The SMILES string of the molecule is Cc1cccc(N2CCC(NC(=O)c3cccc4c5c([nH]c34)CCC(C)C5)CC2)n1. The summed E-state index contributed by atoms with van der Waals surface area (Å²) >= 11 is 0. The summed E-state index contributed by atoms with van der Waals surface area (Å²) in [7, 11) is 0. The summed E-state index contributed by atoms with van der Waals surface area (Å²) in [5.74, 6) is 1.79. The second-order valence-electron chi connectivity index (χ2n) is 9.03. The van der Waals surface area contributed by atoms with E-state index in [0.717, 1.165) is 61.4 Å². The number of fused-ring (bicyclic) bond motifs is 3. The number of rotatable bonds is 3. The molecule has 0 saturated carbocycles. The van der Waals surface area contributed by atoms with E-state index in [1.807, 2.05) is 25.1 Å². The summed E-state index contributed by atoms with van der Waals surface area (Å²) in [5.41, 5.74) is 5.56. The number of aromatic nitrogens is 2. The molecule has 0 bridgehead atoms. The summed E-state index contributed by atoms with van der Waals surface area (Å²) in [6, 6.07) is 12.5. The number of benzene rings is 1. The molecule has 2 N–H and O–H groups in total. The minimum Gasteiger partial charge on any atom is -0.358 e. The van der Waals surface area contributed by atoms with E-state index in [0.29, 0.717) is 5.92 Å². The molecule has 3 heterocycles. The molecule has 5 rings (SSSR count). The normalized spacial score (nSPS) is 19.7. The van der Waals surface area contributed by atoms with Gasteiger partial charge in [0.25, 0.3) is 5.91 Å². The highest BCUT2D eigenvalue weighted by Crippen LogP contribution is 2.33. The molecule has 1 aliphatic heterocycles. The van der Waals surface area contributed by atoms with E-state index < -0.39 is 0 Å². The third-order valence-corrected chi connectivity index (χ3v) is 6.74. The Morgan fingerprint density at radius 3 is 2.73 bits per heavy atom. The molecule has 1 aliphatic carbocycles. The Hall–Kier alpha value is -2.82. The van der Waals surface area contributed by atoms with E-state index in [9.17, 15) is 4.79 Å². The van der Waals surface area contributed by atoms with Crippen LogP contribution in [0.15, 0.2) is 36.4 Å². The number of para-hydroxylation sites is 1. The van der Waals surface area contributed by atoms with Gasteiger partial charge in [0.2, 0.25) is 0 Å². The minimum atomic E-state index is 0.0411. The lowest BCUT2D eigenvalue weighted by Gasteiger charge is -2.33. The molecule has 1 unspecified atom stereocenters. The predicted molar refractivity (Wildman–Crippen MR) is 121 cm³/mol. The van der Waals surface area contributed by atoms with Gasteiger partial charge in [-0.1, -0.05) is 25.1 Å². The Kier molecular flexibility index (Phi) is 4.97. The number of carbonyl (C=O) groups is 1. The van der Waals surface area contributed by atoms with Crippen LogP contribution in [0, 0.1) is 12.8 Å². The number of amides is 1. The first-order valence-electron chi connectivity index (χ1n) is 11.2. The van der Waals surface area contributed by atoms with Crippen molar-refractivity contribution >= 4 is 22.6 Å². The Bertz CT molecular complexity index is 1080. The lowest BCUT2D eigenvalue weighted by Crippen LogP contribution is -2.45. The minimum absolute atomic E-state index is 0.0411. The molecule has 1 atom stereocenters. The summed E-state index contributed by atoms with van der Waals surface area (Å²) in [6.07, 6.45) is 5.28. The lowest BCUT2D eigenvalue weighted by atomic mass is 9.87. The van der Waals surface area contributed by atoms with Crippen LogP contribution in [-0.2, 0) is 12.8 Å². The molecule has 1 amide bonds. The lowest BCUT2D eigenvalue weighted by molar-refractivity contribution is 0.0932. The maximum absolute atomic E-state index is 13.1. The van der Waals surface area contributed by atoms with Gasteiger partial charge < -0.3 is 15.2 Å². The van der Waals surface area contributed by atoms with Gasteiger partial charge in [-0.3, -0.25) is 4.79 Å². The Labute approximate surface area is 177 Å². The van der Waals surface area contributed by atoms with Crippen LogP contribution >= 0.6 is 0 Å². The molecule has 0 radical (unpaired) electrons. The van der Waals surface area contributed by atoms with Crippen LogP contribution in [-0.4, -0.2) is 35.0 Å². The van der Waals surface area contributed by atoms with Crippen molar-refractivity contribution in [3.8, 4) is 0 Å². The number of anilines is 1. The molecule has 5 nitrogen and oxygen atoms in total. The number of carbonyl (C=O) groups excluding carboxylic acids is 1. The summed E-state index contributed by atoms with van der Waals surface area (Å²) in [6.45, 7) is 6.17. The third kappa shape index (κ3) is 3.57. The molecule has 1 fully saturated rings. The molecular weight excluding hydrogens is 372 g/mol. The first-order valence-corrected chi connectivity index (χ1v) is 11.2. The van der Waals surface area contributed by atoms with Gasteiger partial charge in [0, 0.05) is 35.9 Å². The van der Waals surface area contributed by atoms with Crippen molar-refractivity contribution in [1.82, 2.24) is 15.3 Å². The van der Waals surface area contributed by atoms with Gasteiger partial charge in [0.05, 0.1) is 11.1 Å². The molecule has 3 aromatic rings. The van der Waals surface area contributed by atoms with E-state index in [1.54, 1.807) is 0 Å². The fraction of sp³-hybridized carbons (Fsp3) is 0.440. The highest BCUT2D eigenvalue weighted by molar-refractivity contribution is 6.07. The van der Waals surface area contributed by atoms with Crippen LogP contribution in [0.25, 0.3) is 10.9 Å². The molecule has 156 valence electrons. The van der Waals surface area contributed by atoms with Crippen LogP contribution in [0.3, 0.4) is 0 Å². The first kappa shape index (κ1) is 19.2. The van der Waals surface area contributed by atoms with Crippen LogP contribution in [0.1, 0.15) is 53.5 Å². The predicted octanol–water partition coefficient (Wildman–Crippen LogP) is 4.39. The zero-order valence-electron chi connectivity index (χ0n) is 17.9. The monoisotopic (exact) mass is 402 g/mol. The average molecular weight is 403 g/mol. The van der Waals surface area contributed by atoms with Crippen LogP contribution in [0.4, 0.5) is 5.82 Å². The molecule has 2 aliphatic rings. The number of pyridine rings is 1. The second-order valence-corrected chi connectivity index (χ2v) is 9.03. The maximum atomic E-state index is 13.1. The molecular formula is C25H30N4O. The van der Waals surface area contributed by atoms with Crippen molar-refractivity contribution < 1.29 is 4.79 Å². The van der Waals surface area contributed by atoms with Gasteiger partial charge in [0.1, 0.15) is 5.82 Å². The van der Waals surface area contributed by atoms with Gasteiger partial charge in [-0.25, -0.2) is 4.98 Å². The molecule has 1 aromatic carbocycles. The number of aromatic amines is 1.